The Labute approximate surface area is 139 Å². The van der Waals surface area contributed by atoms with Crippen LogP contribution in [0.2, 0.25) is 5.02 Å². The quantitative estimate of drug-likeness (QED) is 0.877. The van der Waals surface area contributed by atoms with E-state index in [-0.39, 0.29) is 16.8 Å². The molecular formula is C15H14ClF3N2OS. The molecule has 0 bridgehead atoms. The van der Waals surface area contributed by atoms with Crippen LogP contribution in [0.5, 0.6) is 0 Å². The zero-order valence-electron chi connectivity index (χ0n) is 12.0. The van der Waals surface area contributed by atoms with E-state index in [1.165, 1.54) is 6.07 Å². The van der Waals surface area contributed by atoms with Gasteiger partial charge < -0.3 is 10.6 Å². The molecule has 2 N–H and O–H groups in total. The Bertz CT molecular complexity index is 759. The summed E-state index contributed by atoms with van der Waals surface area (Å²) in [5, 5.41) is 0.697. The number of amides is 1. The van der Waals surface area contributed by atoms with Gasteiger partial charge in [0.25, 0.3) is 5.91 Å². The van der Waals surface area contributed by atoms with Crippen molar-refractivity contribution < 1.29 is 18.0 Å². The van der Waals surface area contributed by atoms with Gasteiger partial charge in [0, 0.05) is 23.2 Å². The molecule has 0 spiro atoms. The number of rotatable bonds is 2. The molecule has 1 fully saturated rings. The van der Waals surface area contributed by atoms with Crippen LogP contribution in [0.15, 0.2) is 18.2 Å². The van der Waals surface area contributed by atoms with Gasteiger partial charge in [-0.15, -0.1) is 11.3 Å². The highest BCUT2D eigenvalue weighted by atomic mass is 35.5. The Morgan fingerprint density at radius 2 is 2.17 bits per heavy atom. The number of carbonyl (C=O) groups excluding carboxylic acids is 1. The second-order valence-corrected chi connectivity index (χ2v) is 7.03. The van der Waals surface area contributed by atoms with Crippen molar-refractivity contribution in [3.63, 3.8) is 0 Å². The average molecular weight is 363 g/mol. The minimum atomic E-state index is -4.42. The lowest BCUT2D eigenvalue weighted by molar-refractivity contribution is -0.137. The normalized spacial score (nSPS) is 18.8. The van der Waals surface area contributed by atoms with E-state index in [4.69, 9.17) is 17.3 Å². The molecule has 0 radical (unpaired) electrons. The van der Waals surface area contributed by atoms with Crippen LogP contribution < -0.4 is 5.73 Å². The van der Waals surface area contributed by atoms with Crippen LogP contribution in [0, 0.1) is 5.92 Å². The van der Waals surface area contributed by atoms with E-state index in [1.54, 1.807) is 4.90 Å². The zero-order valence-corrected chi connectivity index (χ0v) is 13.6. The van der Waals surface area contributed by atoms with Crippen molar-refractivity contribution in [2.24, 2.45) is 11.7 Å². The number of nitrogens with zero attached hydrogens (tertiary/aromatic N) is 1. The van der Waals surface area contributed by atoms with Crippen molar-refractivity contribution >= 4 is 38.9 Å². The molecule has 23 heavy (non-hydrogen) atoms. The SMILES string of the molecule is NC[C@@H]1CCN(C(=O)c2sc3cc(C(F)(F)F)ccc3c2Cl)C1. The maximum atomic E-state index is 12.8. The molecule has 1 aromatic carbocycles. The van der Waals surface area contributed by atoms with Gasteiger partial charge in [0.15, 0.2) is 0 Å². The van der Waals surface area contributed by atoms with Crippen LogP contribution in [-0.2, 0) is 6.18 Å². The number of nitrogens with two attached hydrogens (primary N) is 1. The van der Waals surface area contributed by atoms with Gasteiger partial charge >= 0.3 is 6.18 Å². The minimum absolute atomic E-state index is 0.222. The monoisotopic (exact) mass is 362 g/mol. The van der Waals surface area contributed by atoms with Gasteiger partial charge in [0.1, 0.15) is 4.88 Å². The molecular weight excluding hydrogens is 349 g/mol. The molecule has 1 aliphatic rings. The van der Waals surface area contributed by atoms with Crippen LogP contribution >= 0.6 is 22.9 Å². The number of fused-ring (bicyclic) bond motifs is 1. The number of alkyl halides is 3. The number of hydrogen-bond donors (Lipinski definition) is 1. The van der Waals surface area contributed by atoms with Crippen LogP contribution in [-0.4, -0.2) is 30.4 Å². The summed E-state index contributed by atoms with van der Waals surface area (Å²) in [7, 11) is 0. The Balaban J connectivity index is 1.95. The van der Waals surface area contributed by atoms with Gasteiger partial charge in [-0.3, -0.25) is 4.79 Å². The first kappa shape index (κ1) is 16.5. The lowest BCUT2D eigenvalue weighted by atomic mass is 10.1. The molecule has 1 saturated heterocycles. The number of thiophene rings is 1. The topological polar surface area (TPSA) is 46.3 Å². The van der Waals surface area contributed by atoms with E-state index >= 15 is 0 Å². The molecule has 3 nitrogen and oxygen atoms in total. The smallest absolute Gasteiger partial charge is 0.338 e. The molecule has 1 aromatic heterocycles. The number of likely N-dealkylation sites (tertiary alicyclic amines) is 1. The second kappa shape index (κ2) is 5.96. The van der Waals surface area contributed by atoms with E-state index in [0.29, 0.717) is 34.6 Å². The Morgan fingerprint density at radius 3 is 2.78 bits per heavy atom. The Morgan fingerprint density at radius 1 is 1.43 bits per heavy atom. The molecule has 2 aromatic rings. The fraction of sp³-hybridized carbons (Fsp3) is 0.400. The standard InChI is InChI=1S/C15H14ClF3N2OS/c16-12-10-2-1-9(15(17,18)19)5-11(10)23-13(12)14(22)21-4-3-8(6-20)7-21/h1-2,5,8H,3-4,6-7,20H2/t8-/m0/s1. The predicted octanol–water partition coefficient (Wildman–Crippen LogP) is 3.99. The van der Waals surface area contributed by atoms with Crippen molar-refractivity contribution in [3.8, 4) is 0 Å². The number of halogens is 4. The summed E-state index contributed by atoms with van der Waals surface area (Å²) in [4.78, 5) is 14.5. The first-order valence-electron chi connectivity index (χ1n) is 7.10. The van der Waals surface area contributed by atoms with Crippen molar-refractivity contribution in [1.82, 2.24) is 4.90 Å². The summed E-state index contributed by atoms with van der Waals surface area (Å²) in [6.07, 6.45) is -3.58. The van der Waals surface area contributed by atoms with E-state index < -0.39 is 11.7 Å². The number of benzene rings is 1. The maximum Gasteiger partial charge on any atom is 0.416 e. The molecule has 1 atom stereocenters. The Hall–Kier alpha value is -1.31. The summed E-state index contributed by atoms with van der Waals surface area (Å²) >= 11 is 7.23. The fourth-order valence-corrected chi connectivity index (χ4v) is 4.25. The molecule has 0 aliphatic carbocycles. The molecule has 0 saturated carbocycles. The maximum absolute atomic E-state index is 12.8. The van der Waals surface area contributed by atoms with Crippen molar-refractivity contribution in [2.75, 3.05) is 19.6 Å². The first-order chi connectivity index (χ1) is 10.8. The van der Waals surface area contributed by atoms with Crippen molar-refractivity contribution in [3.05, 3.63) is 33.7 Å². The summed E-state index contributed by atoms with van der Waals surface area (Å²) in [5.41, 5.74) is 4.87. The van der Waals surface area contributed by atoms with Crippen LogP contribution in [0.1, 0.15) is 21.7 Å². The molecule has 1 aliphatic heterocycles. The lowest BCUT2D eigenvalue weighted by Crippen LogP contribution is -2.29. The minimum Gasteiger partial charge on any atom is -0.338 e. The molecule has 1 amide bonds. The largest absolute Gasteiger partial charge is 0.416 e. The highest BCUT2D eigenvalue weighted by Gasteiger charge is 2.32. The molecule has 124 valence electrons. The van der Waals surface area contributed by atoms with Crippen molar-refractivity contribution in [1.29, 1.82) is 0 Å². The number of carbonyl (C=O) groups is 1. The van der Waals surface area contributed by atoms with E-state index in [2.05, 4.69) is 0 Å². The molecule has 8 heteroatoms. The molecule has 3 rings (SSSR count). The number of hydrogen-bond acceptors (Lipinski definition) is 3. The van der Waals surface area contributed by atoms with E-state index in [0.717, 1.165) is 29.9 Å². The van der Waals surface area contributed by atoms with Crippen LogP contribution in [0.4, 0.5) is 13.2 Å². The van der Waals surface area contributed by atoms with E-state index in [9.17, 15) is 18.0 Å². The predicted molar refractivity (Wildman–Crippen MR) is 84.9 cm³/mol. The van der Waals surface area contributed by atoms with Gasteiger partial charge in [-0.05, 0) is 31.0 Å². The fourth-order valence-electron chi connectivity index (χ4n) is 2.73. The highest BCUT2D eigenvalue weighted by Crippen LogP contribution is 2.40. The average Bonchev–Trinajstić information content (AvgIpc) is 3.10. The van der Waals surface area contributed by atoms with Crippen LogP contribution in [0.3, 0.4) is 0 Å². The molecule has 2 heterocycles. The third kappa shape index (κ3) is 3.05. The van der Waals surface area contributed by atoms with Gasteiger partial charge in [0.2, 0.25) is 0 Å². The summed E-state index contributed by atoms with van der Waals surface area (Å²) in [5.74, 6) is 0.0321. The van der Waals surface area contributed by atoms with Crippen molar-refractivity contribution in [2.45, 2.75) is 12.6 Å². The zero-order chi connectivity index (χ0) is 16.8. The third-order valence-electron chi connectivity index (χ3n) is 4.06. The molecule has 0 unspecified atom stereocenters. The van der Waals surface area contributed by atoms with Crippen LogP contribution in [0.25, 0.3) is 10.1 Å². The van der Waals surface area contributed by atoms with Gasteiger partial charge in [-0.1, -0.05) is 17.7 Å². The van der Waals surface area contributed by atoms with E-state index in [1.807, 2.05) is 0 Å². The second-order valence-electron chi connectivity index (χ2n) is 5.60. The van der Waals surface area contributed by atoms with Gasteiger partial charge in [-0.2, -0.15) is 13.2 Å². The third-order valence-corrected chi connectivity index (χ3v) is 5.70. The van der Waals surface area contributed by atoms with Gasteiger partial charge in [0.05, 0.1) is 10.6 Å². The highest BCUT2D eigenvalue weighted by molar-refractivity contribution is 7.21. The van der Waals surface area contributed by atoms with Gasteiger partial charge in [-0.25, -0.2) is 0 Å². The summed E-state index contributed by atoms with van der Waals surface area (Å²) in [6, 6.07) is 3.34. The summed E-state index contributed by atoms with van der Waals surface area (Å²) in [6.45, 7) is 1.67. The first-order valence-corrected chi connectivity index (χ1v) is 8.29. The summed E-state index contributed by atoms with van der Waals surface area (Å²) < 4.78 is 38.7. The Kier molecular flexibility index (Phi) is 4.29. The lowest BCUT2D eigenvalue weighted by Gasteiger charge is -2.15.